The van der Waals surface area contributed by atoms with Crippen LogP contribution in [0.15, 0.2) is 77.7 Å². The lowest BCUT2D eigenvalue weighted by Gasteiger charge is -2.22. The largest absolute Gasteiger partial charge is 0.497 e. The second-order valence-corrected chi connectivity index (χ2v) is 9.84. The molecule has 0 aliphatic carbocycles. The summed E-state index contributed by atoms with van der Waals surface area (Å²) in [4.78, 5) is 12.7. The van der Waals surface area contributed by atoms with E-state index in [-0.39, 0.29) is 17.1 Å². The highest BCUT2D eigenvalue weighted by molar-refractivity contribution is 7.89. The Kier molecular flexibility index (Phi) is 8.42. The molecule has 6 nitrogen and oxygen atoms in total. The average Bonchev–Trinajstić information content (AvgIpc) is 2.82. The van der Waals surface area contributed by atoms with Crippen molar-refractivity contribution in [2.45, 2.75) is 17.5 Å². The SMILES string of the molecule is COc1ccc(S(=O)(=O)N(CCc2ccccc2)CC(=O)Nc2ccc(Cl)c(C(F)(F)F)c2)cc1. The maximum Gasteiger partial charge on any atom is 0.417 e. The molecule has 0 unspecified atom stereocenters. The van der Waals surface area contributed by atoms with E-state index in [1.807, 2.05) is 30.3 Å². The van der Waals surface area contributed by atoms with E-state index in [9.17, 15) is 26.4 Å². The monoisotopic (exact) mass is 526 g/mol. The highest BCUT2D eigenvalue weighted by Gasteiger charge is 2.33. The molecule has 0 heterocycles. The Balaban J connectivity index is 1.83. The molecule has 3 rings (SSSR count). The minimum absolute atomic E-state index is 0.0276. The average molecular weight is 527 g/mol. The first-order valence-corrected chi connectivity index (χ1v) is 12.2. The van der Waals surface area contributed by atoms with E-state index in [1.54, 1.807) is 0 Å². The number of nitrogens with one attached hydrogen (secondary N) is 1. The van der Waals surface area contributed by atoms with Crippen LogP contribution in [0.5, 0.6) is 5.75 Å². The molecule has 35 heavy (non-hydrogen) atoms. The topological polar surface area (TPSA) is 75.7 Å². The van der Waals surface area contributed by atoms with E-state index >= 15 is 0 Å². The molecule has 0 aromatic heterocycles. The summed E-state index contributed by atoms with van der Waals surface area (Å²) in [6.45, 7) is -0.634. The summed E-state index contributed by atoms with van der Waals surface area (Å²) in [5, 5.41) is 1.82. The predicted octanol–water partition coefficient (Wildman–Crippen LogP) is 5.24. The van der Waals surface area contributed by atoms with Gasteiger partial charge in [0, 0.05) is 12.2 Å². The Morgan fingerprint density at radius 2 is 1.69 bits per heavy atom. The molecule has 0 bridgehead atoms. The van der Waals surface area contributed by atoms with Gasteiger partial charge in [0.1, 0.15) is 5.75 Å². The molecule has 0 aliphatic rings. The zero-order chi connectivity index (χ0) is 25.6. The van der Waals surface area contributed by atoms with Crippen LogP contribution < -0.4 is 10.1 Å². The van der Waals surface area contributed by atoms with Gasteiger partial charge in [-0.25, -0.2) is 8.42 Å². The maximum atomic E-state index is 13.3. The number of sulfonamides is 1. The van der Waals surface area contributed by atoms with Gasteiger partial charge in [0.05, 0.1) is 29.1 Å². The first-order valence-electron chi connectivity index (χ1n) is 10.4. The zero-order valence-corrected chi connectivity index (χ0v) is 20.1. The molecule has 0 spiro atoms. The van der Waals surface area contributed by atoms with Crippen molar-refractivity contribution >= 4 is 33.2 Å². The number of rotatable bonds is 9. The van der Waals surface area contributed by atoms with Gasteiger partial charge >= 0.3 is 6.18 Å². The van der Waals surface area contributed by atoms with Crippen LogP contribution in [0, 0.1) is 0 Å². The summed E-state index contributed by atoms with van der Waals surface area (Å²) in [5.74, 6) is -0.341. The first kappa shape index (κ1) is 26.5. The van der Waals surface area contributed by atoms with Crippen LogP contribution in [-0.2, 0) is 27.4 Å². The number of ether oxygens (including phenoxy) is 1. The fourth-order valence-corrected chi connectivity index (χ4v) is 4.88. The summed E-state index contributed by atoms with van der Waals surface area (Å²) < 4.78 is 72.1. The number of alkyl halides is 3. The molecule has 3 aromatic rings. The second kappa shape index (κ2) is 11.1. The van der Waals surface area contributed by atoms with Gasteiger partial charge in [-0.3, -0.25) is 4.79 Å². The van der Waals surface area contributed by atoms with Crippen LogP contribution >= 0.6 is 11.6 Å². The predicted molar refractivity (Wildman–Crippen MR) is 127 cm³/mol. The normalized spacial score (nSPS) is 11.9. The Hall–Kier alpha value is -3.08. The summed E-state index contributed by atoms with van der Waals surface area (Å²) in [6.07, 6.45) is -4.39. The van der Waals surface area contributed by atoms with Crippen molar-refractivity contribution in [1.29, 1.82) is 0 Å². The molecule has 0 fully saturated rings. The third-order valence-corrected chi connectivity index (χ3v) is 7.25. The molecular formula is C24H22ClF3N2O4S. The van der Waals surface area contributed by atoms with Crippen molar-refractivity contribution in [2.75, 3.05) is 25.5 Å². The smallest absolute Gasteiger partial charge is 0.417 e. The first-order chi connectivity index (χ1) is 16.5. The van der Waals surface area contributed by atoms with E-state index < -0.39 is 39.2 Å². The summed E-state index contributed by atoms with van der Waals surface area (Å²) in [5.41, 5.74) is -0.407. The van der Waals surface area contributed by atoms with Gasteiger partial charge in [-0.05, 0) is 54.4 Å². The number of carbonyl (C=O) groups is 1. The number of carbonyl (C=O) groups excluding carboxylic acids is 1. The van der Waals surface area contributed by atoms with E-state index in [4.69, 9.17) is 16.3 Å². The Morgan fingerprint density at radius 3 is 2.29 bits per heavy atom. The van der Waals surface area contributed by atoms with Crippen LogP contribution in [0.3, 0.4) is 0 Å². The van der Waals surface area contributed by atoms with E-state index in [0.717, 1.165) is 15.9 Å². The standard InChI is InChI=1S/C24H22ClF3N2O4S/c1-34-19-8-10-20(11-9-19)35(32,33)30(14-13-17-5-3-2-4-6-17)16-23(31)29-18-7-12-22(25)21(15-18)24(26,27)28/h2-12,15H,13-14,16H2,1H3,(H,29,31). The number of amides is 1. The van der Waals surface area contributed by atoms with E-state index in [2.05, 4.69) is 5.32 Å². The van der Waals surface area contributed by atoms with Gasteiger partial charge in [-0.15, -0.1) is 0 Å². The van der Waals surface area contributed by atoms with Crippen LogP contribution in [0.25, 0.3) is 0 Å². The van der Waals surface area contributed by atoms with Crippen LogP contribution in [-0.4, -0.2) is 38.8 Å². The Morgan fingerprint density at radius 1 is 1.03 bits per heavy atom. The Labute approximate surface area is 206 Å². The molecule has 0 radical (unpaired) electrons. The molecular weight excluding hydrogens is 505 g/mol. The molecule has 1 N–H and O–H groups in total. The van der Waals surface area contributed by atoms with Gasteiger partial charge in [-0.1, -0.05) is 41.9 Å². The van der Waals surface area contributed by atoms with Gasteiger partial charge in [0.2, 0.25) is 15.9 Å². The van der Waals surface area contributed by atoms with Crippen LogP contribution in [0.4, 0.5) is 18.9 Å². The lowest BCUT2D eigenvalue weighted by molar-refractivity contribution is -0.137. The highest BCUT2D eigenvalue weighted by atomic mass is 35.5. The third-order valence-electron chi connectivity index (χ3n) is 5.07. The van der Waals surface area contributed by atoms with Crippen molar-refractivity contribution in [2.24, 2.45) is 0 Å². The minimum atomic E-state index is -4.71. The summed E-state index contributed by atoms with van der Waals surface area (Å²) >= 11 is 5.62. The lowest BCUT2D eigenvalue weighted by Crippen LogP contribution is -2.39. The van der Waals surface area contributed by atoms with Crippen molar-refractivity contribution in [1.82, 2.24) is 4.31 Å². The molecule has 11 heteroatoms. The number of methoxy groups -OCH3 is 1. The molecule has 0 saturated carbocycles. The highest BCUT2D eigenvalue weighted by Crippen LogP contribution is 2.36. The number of benzene rings is 3. The molecule has 1 amide bonds. The molecule has 3 aromatic carbocycles. The van der Waals surface area contributed by atoms with Crippen molar-refractivity contribution < 1.29 is 31.1 Å². The number of nitrogens with zero attached hydrogens (tertiary/aromatic N) is 1. The fraction of sp³-hybridized carbons (Fsp3) is 0.208. The van der Waals surface area contributed by atoms with Crippen LogP contribution in [0.2, 0.25) is 5.02 Å². The van der Waals surface area contributed by atoms with Crippen LogP contribution in [0.1, 0.15) is 11.1 Å². The van der Waals surface area contributed by atoms with Gasteiger partial charge in [0.25, 0.3) is 0 Å². The maximum absolute atomic E-state index is 13.3. The quantitative estimate of drug-likeness (QED) is 0.414. The minimum Gasteiger partial charge on any atom is -0.497 e. The van der Waals surface area contributed by atoms with Gasteiger partial charge < -0.3 is 10.1 Å². The van der Waals surface area contributed by atoms with Crippen molar-refractivity contribution in [3.05, 3.63) is 88.9 Å². The summed E-state index contributed by atoms with van der Waals surface area (Å²) in [6, 6.07) is 17.7. The molecule has 0 aliphatic heterocycles. The summed E-state index contributed by atoms with van der Waals surface area (Å²) in [7, 11) is -2.66. The second-order valence-electron chi connectivity index (χ2n) is 7.49. The number of anilines is 1. The molecule has 0 atom stereocenters. The van der Waals surface area contributed by atoms with Gasteiger partial charge in [0.15, 0.2) is 0 Å². The number of hydrogen-bond acceptors (Lipinski definition) is 4. The van der Waals surface area contributed by atoms with Gasteiger partial charge in [-0.2, -0.15) is 17.5 Å². The zero-order valence-electron chi connectivity index (χ0n) is 18.5. The van der Waals surface area contributed by atoms with Crippen molar-refractivity contribution in [3.63, 3.8) is 0 Å². The lowest BCUT2D eigenvalue weighted by atomic mass is 10.1. The fourth-order valence-electron chi connectivity index (χ4n) is 3.26. The molecule has 186 valence electrons. The number of hydrogen-bond donors (Lipinski definition) is 1. The van der Waals surface area contributed by atoms with E-state index in [1.165, 1.54) is 37.4 Å². The van der Waals surface area contributed by atoms with E-state index in [0.29, 0.717) is 18.2 Å². The van der Waals surface area contributed by atoms with Crippen molar-refractivity contribution in [3.8, 4) is 5.75 Å². The number of halogens is 4. The Bertz CT molecular complexity index is 1270. The molecule has 0 saturated heterocycles. The third kappa shape index (κ3) is 6.97.